The minimum Gasteiger partial charge on any atom is -0.444 e. The molecule has 2 N–H and O–H groups in total. The van der Waals surface area contributed by atoms with E-state index < -0.39 is 17.7 Å². The van der Waals surface area contributed by atoms with Gasteiger partial charge in [0.15, 0.2) is 0 Å². The van der Waals surface area contributed by atoms with Gasteiger partial charge in [-0.05, 0) is 34.0 Å². The highest BCUT2D eigenvalue weighted by atomic mass is 32.2. The molecule has 0 bridgehead atoms. The molecule has 0 aromatic carbocycles. The third-order valence-corrected chi connectivity index (χ3v) is 3.06. The molecule has 0 rings (SSSR count). The van der Waals surface area contributed by atoms with Crippen molar-refractivity contribution in [3.05, 3.63) is 0 Å². The average Bonchev–Trinajstić information content (AvgIpc) is 2.22. The predicted molar refractivity (Wildman–Crippen MR) is 74.8 cm³/mol. The Morgan fingerprint density at radius 2 is 1.83 bits per heavy atom. The number of hydrogen-bond acceptors (Lipinski definition) is 4. The second kappa shape index (κ2) is 7.51. The molecule has 2 atom stereocenters. The van der Waals surface area contributed by atoms with Crippen molar-refractivity contribution in [1.29, 1.82) is 0 Å². The summed E-state index contributed by atoms with van der Waals surface area (Å²) in [6.45, 7) is 9.56. The first-order chi connectivity index (χ1) is 8.15. The van der Waals surface area contributed by atoms with Gasteiger partial charge in [-0.3, -0.25) is 4.79 Å². The topological polar surface area (TPSA) is 67.4 Å². The Hall–Kier alpha value is -0.910. The van der Waals surface area contributed by atoms with E-state index in [2.05, 4.69) is 10.6 Å². The molecule has 0 fully saturated rings. The number of rotatable bonds is 5. The molecule has 5 nitrogen and oxygen atoms in total. The van der Waals surface area contributed by atoms with Gasteiger partial charge in [-0.25, -0.2) is 4.79 Å². The summed E-state index contributed by atoms with van der Waals surface area (Å²) in [5, 5.41) is 5.62. The molecular formula is C12H24N2O3S. The van der Waals surface area contributed by atoms with Crippen LogP contribution in [0, 0.1) is 0 Å². The molecule has 18 heavy (non-hydrogen) atoms. The maximum absolute atomic E-state index is 11.7. The third-order valence-electron chi connectivity index (χ3n) is 2.09. The standard InChI is InChI=1S/C12H24N2O3S/c1-8(18-6)7-13-10(15)9(2)14-11(16)17-12(3,4)5/h8-9H,7H2,1-6H3,(H,13,15)(H,14,16). The van der Waals surface area contributed by atoms with Gasteiger partial charge < -0.3 is 15.4 Å². The molecule has 0 aliphatic heterocycles. The van der Waals surface area contributed by atoms with Crippen molar-refractivity contribution in [3.8, 4) is 0 Å². The van der Waals surface area contributed by atoms with E-state index in [-0.39, 0.29) is 5.91 Å². The smallest absolute Gasteiger partial charge is 0.408 e. The van der Waals surface area contributed by atoms with E-state index in [0.29, 0.717) is 11.8 Å². The molecule has 0 aliphatic rings. The first-order valence-corrected chi connectivity index (χ1v) is 7.24. The quantitative estimate of drug-likeness (QED) is 0.803. The Balaban J connectivity index is 4.04. The van der Waals surface area contributed by atoms with E-state index in [0.717, 1.165) is 0 Å². The van der Waals surface area contributed by atoms with Crippen LogP contribution in [0.3, 0.4) is 0 Å². The van der Waals surface area contributed by atoms with Gasteiger partial charge >= 0.3 is 6.09 Å². The molecule has 6 heteroatoms. The molecule has 0 aromatic heterocycles. The molecule has 0 aromatic rings. The molecule has 0 aliphatic carbocycles. The lowest BCUT2D eigenvalue weighted by atomic mass is 10.2. The van der Waals surface area contributed by atoms with Crippen LogP contribution in [0.15, 0.2) is 0 Å². The maximum atomic E-state index is 11.7. The SMILES string of the molecule is CSC(C)CNC(=O)C(C)NC(=O)OC(C)(C)C. The molecule has 0 heterocycles. The van der Waals surface area contributed by atoms with Crippen LogP contribution >= 0.6 is 11.8 Å². The van der Waals surface area contributed by atoms with Crippen molar-refractivity contribution in [2.75, 3.05) is 12.8 Å². The second-order valence-corrected chi connectivity index (χ2v) is 6.44. The lowest BCUT2D eigenvalue weighted by molar-refractivity contribution is -0.122. The van der Waals surface area contributed by atoms with Gasteiger partial charge in [0, 0.05) is 11.8 Å². The van der Waals surface area contributed by atoms with Crippen molar-refractivity contribution in [1.82, 2.24) is 10.6 Å². The van der Waals surface area contributed by atoms with Crippen LogP contribution in [0.4, 0.5) is 4.79 Å². The number of alkyl carbamates (subject to hydrolysis) is 1. The van der Waals surface area contributed by atoms with Crippen LogP contribution in [0.1, 0.15) is 34.6 Å². The molecule has 0 radical (unpaired) electrons. The van der Waals surface area contributed by atoms with E-state index in [1.807, 2.05) is 13.2 Å². The van der Waals surface area contributed by atoms with Crippen LogP contribution in [0.2, 0.25) is 0 Å². The number of nitrogens with one attached hydrogen (secondary N) is 2. The predicted octanol–water partition coefficient (Wildman–Crippen LogP) is 1.77. The summed E-state index contributed by atoms with van der Waals surface area (Å²) in [6, 6.07) is -0.603. The van der Waals surface area contributed by atoms with E-state index in [4.69, 9.17) is 4.74 Å². The Kier molecular flexibility index (Phi) is 7.13. The number of thioether (sulfide) groups is 1. The minimum atomic E-state index is -0.603. The lowest BCUT2D eigenvalue weighted by Crippen LogP contribution is -2.47. The number of amides is 2. The van der Waals surface area contributed by atoms with Gasteiger partial charge in [0.2, 0.25) is 5.91 Å². The summed E-state index contributed by atoms with van der Waals surface area (Å²) < 4.78 is 5.07. The van der Waals surface area contributed by atoms with Crippen LogP contribution in [0.5, 0.6) is 0 Å². The zero-order chi connectivity index (χ0) is 14.3. The van der Waals surface area contributed by atoms with Crippen molar-refractivity contribution in [2.24, 2.45) is 0 Å². The summed E-state index contributed by atoms with van der Waals surface area (Å²) >= 11 is 1.67. The zero-order valence-electron chi connectivity index (χ0n) is 12.0. The van der Waals surface area contributed by atoms with Crippen LogP contribution in [-0.4, -0.2) is 41.7 Å². The third kappa shape index (κ3) is 8.22. The van der Waals surface area contributed by atoms with Gasteiger partial charge in [0.1, 0.15) is 11.6 Å². The van der Waals surface area contributed by atoms with E-state index >= 15 is 0 Å². The van der Waals surface area contributed by atoms with E-state index in [1.54, 1.807) is 39.5 Å². The first-order valence-electron chi connectivity index (χ1n) is 5.95. The second-order valence-electron chi connectivity index (χ2n) is 5.16. The van der Waals surface area contributed by atoms with Crippen LogP contribution < -0.4 is 10.6 Å². The van der Waals surface area contributed by atoms with E-state index in [9.17, 15) is 9.59 Å². The number of hydrogen-bond donors (Lipinski definition) is 2. The largest absolute Gasteiger partial charge is 0.444 e. The van der Waals surface area contributed by atoms with Crippen LogP contribution in [-0.2, 0) is 9.53 Å². The van der Waals surface area contributed by atoms with Gasteiger partial charge in [0.05, 0.1) is 0 Å². The summed E-state index contributed by atoms with van der Waals surface area (Å²) in [5.74, 6) is -0.207. The molecule has 0 saturated heterocycles. The first kappa shape index (κ1) is 17.1. The maximum Gasteiger partial charge on any atom is 0.408 e. The summed E-state index contributed by atoms with van der Waals surface area (Å²) in [5.41, 5.74) is -0.562. The monoisotopic (exact) mass is 276 g/mol. The van der Waals surface area contributed by atoms with Gasteiger partial charge in [0.25, 0.3) is 0 Å². The van der Waals surface area contributed by atoms with Gasteiger partial charge in [-0.1, -0.05) is 6.92 Å². The lowest BCUT2D eigenvalue weighted by Gasteiger charge is -2.22. The average molecular weight is 276 g/mol. The molecule has 0 spiro atoms. The zero-order valence-corrected chi connectivity index (χ0v) is 12.8. The Morgan fingerprint density at radius 1 is 1.28 bits per heavy atom. The Bertz CT molecular complexity index is 290. The highest BCUT2D eigenvalue weighted by molar-refractivity contribution is 7.99. The summed E-state index contributed by atoms with van der Waals surface area (Å²) in [6.07, 6.45) is 1.40. The van der Waals surface area contributed by atoms with Crippen molar-refractivity contribution in [3.63, 3.8) is 0 Å². The minimum absolute atomic E-state index is 0.207. The number of ether oxygens (including phenoxy) is 1. The summed E-state index contributed by atoms with van der Waals surface area (Å²) in [7, 11) is 0. The number of carbonyl (C=O) groups is 2. The van der Waals surface area contributed by atoms with E-state index in [1.165, 1.54) is 0 Å². The normalized spacial score (nSPS) is 14.6. The Morgan fingerprint density at radius 3 is 2.28 bits per heavy atom. The van der Waals surface area contributed by atoms with Crippen molar-refractivity contribution < 1.29 is 14.3 Å². The number of carbonyl (C=O) groups excluding carboxylic acids is 2. The van der Waals surface area contributed by atoms with Gasteiger partial charge in [-0.15, -0.1) is 0 Å². The fourth-order valence-corrected chi connectivity index (χ4v) is 1.28. The highest BCUT2D eigenvalue weighted by Gasteiger charge is 2.20. The molecule has 0 saturated carbocycles. The molecule has 2 amide bonds. The fourth-order valence-electron chi connectivity index (χ4n) is 1.03. The Labute approximate surface area is 113 Å². The van der Waals surface area contributed by atoms with Crippen LogP contribution in [0.25, 0.3) is 0 Å². The molecular weight excluding hydrogens is 252 g/mol. The van der Waals surface area contributed by atoms with Crippen molar-refractivity contribution >= 4 is 23.8 Å². The summed E-state index contributed by atoms with van der Waals surface area (Å²) in [4.78, 5) is 23.1. The molecule has 106 valence electrons. The molecule has 2 unspecified atom stereocenters. The fraction of sp³-hybridized carbons (Fsp3) is 0.833. The highest BCUT2D eigenvalue weighted by Crippen LogP contribution is 2.06. The van der Waals surface area contributed by atoms with Gasteiger partial charge in [-0.2, -0.15) is 11.8 Å². The van der Waals surface area contributed by atoms with Crippen molar-refractivity contribution in [2.45, 2.75) is 51.5 Å².